The third kappa shape index (κ3) is 3.70. The molecule has 1 saturated heterocycles. The minimum atomic E-state index is -3.33. The first kappa shape index (κ1) is 18.3. The molecular weight excluding hydrogens is 355 g/mol. The van der Waals surface area contributed by atoms with Gasteiger partial charge < -0.3 is 4.74 Å². The highest BCUT2D eigenvalue weighted by molar-refractivity contribution is 7.90. The number of hydrogen-bond donors (Lipinski definition) is 0. The molecule has 1 aliphatic heterocycles. The number of halogens is 1. The number of esters is 1. The second-order valence-corrected chi connectivity index (χ2v) is 9.00. The van der Waals surface area contributed by atoms with Crippen molar-refractivity contribution in [1.82, 2.24) is 0 Å². The van der Waals surface area contributed by atoms with E-state index >= 15 is 0 Å². The van der Waals surface area contributed by atoms with Crippen LogP contribution in [0.5, 0.6) is 0 Å². The van der Waals surface area contributed by atoms with Gasteiger partial charge in [0.1, 0.15) is 11.4 Å². The van der Waals surface area contributed by atoms with Crippen molar-refractivity contribution in [3.63, 3.8) is 0 Å². The van der Waals surface area contributed by atoms with E-state index in [0.717, 1.165) is 6.26 Å². The Morgan fingerprint density at radius 3 is 2.23 bits per heavy atom. The molecule has 0 bridgehead atoms. The Labute approximate surface area is 152 Å². The summed E-state index contributed by atoms with van der Waals surface area (Å²) in [5.74, 6) is -0.861. The Morgan fingerprint density at radius 1 is 1.08 bits per heavy atom. The number of carbonyl (C=O) groups excluding carboxylic acids is 1. The van der Waals surface area contributed by atoms with E-state index < -0.39 is 27.2 Å². The van der Waals surface area contributed by atoms with Gasteiger partial charge in [0.25, 0.3) is 0 Å². The van der Waals surface area contributed by atoms with E-state index in [4.69, 9.17) is 4.74 Å². The lowest BCUT2D eigenvalue weighted by Crippen LogP contribution is -2.17. The SMILES string of the molecule is CC1(C)C/C(=C(\c2ccc(S(C)(=O)=O)cc2)c2cccc(F)c2)C(=O)O1. The Balaban J connectivity index is 2.21. The lowest BCUT2D eigenvalue weighted by atomic mass is 9.89. The first-order valence-corrected chi connectivity index (χ1v) is 9.99. The molecular formula is C20H19FO4S. The van der Waals surface area contributed by atoms with Crippen LogP contribution in [0.25, 0.3) is 5.57 Å². The van der Waals surface area contributed by atoms with Crippen molar-refractivity contribution in [2.24, 2.45) is 0 Å². The molecule has 1 aliphatic rings. The Kier molecular flexibility index (Phi) is 4.48. The van der Waals surface area contributed by atoms with Gasteiger partial charge in [0.15, 0.2) is 9.84 Å². The molecule has 0 spiro atoms. The molecule has 0 atom stereocenters. The molecule has 2 aromatic rings. The molecule has 1 heterocycles. The van der Waals surface area contributed by atoms with Gasteiger partial charge in [-0.1, -0.05) is 24.3 Å². The van der Waals surface area contributed by atoms with E-state index in [2.05, 4.69) is 0 Å². The molecule has 2 aromatic carbocycles. The number of rotatable bonds is 3. The highest BCUT2D eigenvalue weighted by Crippen LogP contribution is 2.38. The highest BCUT2D eigenvalue weighted by Gasteiger charge is 2.37. The third-order valence-corrected chi connectivity index (χ3v) is 5.33. The normalized spacial score (nSPS) is 18.5. The van der Waals surface area contributed by atoms with E-state index in [1.807, 2.05) is 13.8 Å². The van der Waals surface area contributed by atoms with Crippen LogP contribution in [-0.4, -0.2) is 26.2 Å². The molecule has 0 radical (unpaired) electrons. The summed E-state index contributed by atoms with van der Waals surface area (Å²) >= 11 is 0. The van der Waals surface area contributed by atoms with Gasteiger partial charge in [-0.05, 0) is 54.8 Å². The summed E-state index contributed by atoms with van der Waals surface area (Å²) < 4.78 is 42.6. The summed E-state index contributed by atoms with van der Waals surface area (Å²) in [4.78, 5) is 12.6. The van der Waals surface area contributed by atoms with Gasteiger partial charge in [0.2, 0.25) is 0 Å². The van der Waals surface area contributed by atoms with Gasteiger partial charge in [0, 0.05) is 18.2 Å². The second kappa shape index (κ2) is 6.36. The van der Waals surface area contributed by atoms with E-state index in [1.54, 1.807) is 24.3 Å². The summed E-state index contributed by atoms with van der Waals surface area (Å²) in [6.45, 7) is 3.63. The van der Waals surface area contributed by atoms with Gasteiger partial charge in [0.05, 0.1) is 4.90 Å². The molecule has 0 aromatic heterocycles. The maximum atomic E-state index is 13.8. The second-order valence-electron chi connectivity index (χ2n) is 6.99. The molecule has 1 fully saturated rings. The van der Waals surface area contributed by atoms with Gasteiger partial charge in [-0.3, -0.25) is 0 Å². The van der Waals surface area contributed by atoms with Crippen LogP contribution >= 0.6 is 0 Å². The number of carbonyl (C=O) groups is 1. The van der Waals surface area contributed by atoms with Crippen molar-refractivity contribution in [3.05, 3.63) is 71.0 Å². The van der Waals surface area contributed by atoms with E-state index in [-0.39, 0.29) is 4.90 Å². The van der Waals surface area contributed by atoms with Gasteiger partial charge in [-0.25, -0.2) is 17.6 Å². The standard InChI is InChI=1S/C20H19FO4S/c1-20(2)12-17(19(22)25-20)18(14-5-4-6-15(21)11-14)13-7-9-16(10-8-13)26(3,23)24/h4-11H,12H2,1-3H3/b18-17-. The smallest absolute Gasteiger partial charge is 0.335 e. The Morgan fingerprint density at radius 2 is 1.73 bits per heavy atom. The van der Waals surface area contributed by atoms with Crippen molar-refractivity contribution in [2.45, 2.75) is 30.8 Å². The maximum Gasteiger partial charge on any atom is 0.335 e. The fraction of sp³-hybridized carbons (Fsp3) is 0.250. The zero-order valence-electron chi connectivity index (χ0n) is 14.7. The number of sulfone groups is 1. The zero-order valence-corrected chi connectivity index (χ0v) is 15.6. The zero-order chi connectivity index (χ0) is 19.1. The minimum absolute atomic E-state index is 0.180. The fourth-order valence-electron chi connectivity index (χ4n) is 3.06. The van der Waals surface area contributed by atoms with E-state index in [1.165, 1.54) is 24.3 Å². The monoisotopic (exact) mass is 374 g/mol. The maximum absolute atomic E-state index is 13.8. The van der Waals surface area contributed by atoms with Gasteiger partial charge >= 0.3 is 5.97 Å². The molecule has 6 heteroatoms. The van der Waals surface area contributed by atoms with Crippen LogP contribution < -0.4 is 0 Å². The van der Waals surface area contributed by atoms with Crippen molar-refractivity contribution in [1.29, 1.82) is 0 Å². The van der Waals surface area contributed by atoms with Crippen LogP contribution in [0.2, 0.25) is 0 Å². The quantitative estimate of drug-likeness (QED) is 0.606. The van der Waals surface area contributed by atoms with Crippen LogP contribution in [0, 0.1) is 5.82 Å². The van der Waals surface area contributed by atoms with Crippen LogP contribution in [0.15, 0.2) is 59.0 Å². The minimum Gasteiger partial charge on any atom is -0.456 e. The average Bonchev–Trinajstić information content (AvgIpc) is 2.80. The summed E-state index contributed by atoms with van der Waals surface area (Å²) in [6.07, 6.45) is 1.51. The molecule has 0 amide bonds. The molecule has 136 valence electrons. The van der Waals surface area contributed by atoms with Gasteiger partial charge in [-0.15, -0.1) is 0 Å². The van der Waals surface area contributed by atoms with Crippen LogP contribution in [0.1, 0.15) is 31.4 Å². The van der Waals surface area contributed by atoms with E-state index in [9.17, 15) is 17.6 Å². The first-order valence-electron chi connectivity index (χ1n) is 8.10. The summed E-state index contributed by atoms with van der Waals surface area (Å²) in [5.41, 5.74) is 1.54. The fourth-order valence-corrected chi connectivity index (χ4v) is 3.70. The summed E-state index contributed by atoms with van der Waals surface area (Å²) in [6, 6.07) is 12.2. The lowest BCUT2D eigenvalue weighted by molar-refractivity contribution is -0.143. The topological polar surface area (TPSA) is 60.4 Å². The molecule has 0 unspecified atom stereocenters. The molecule has 0 aliphatic carbocycles. The van der Waals surface area contributed by atoms with Gasteiger partial charge in [-0.2, -0.15) is 0 Å². The summed E-state index contributed by atoms with van der Waals surface area (Å²) in [7, 11) is -3.33. The molecule has 3 rings (SSSR count). The lowest BCUT2D eigenvalue weighted by Gasteiger charge is -2.14. The van der Waals surface area contributed by atoms with Crippen LogP contribution in [0.3, 0.4) is 0 Å². The third-order valence-electron chi connectivity index (χ3n) is 4.20. The van der Waals surface area contributed by atoms with Crippen molar-refractivity contribution in [3.8, 4) is 0 Å². The number of benzene rings is 2. The van der Waals surface area contributed by atoms with Crippen molar-refractivity contribution >= 4 is 21.4 Å². The van der Waals surface area contributed by atoms with Crippen LogP contribution in [-0.2, 0) is 19.4 Å². The predicted octanol–water partition coefficient (Wildman–Crippen LogP) is 3.76. The van der Waals surface area contributed by atoms with Crippen molar-refractivity contribution in [2.75, 3.05) is 6.26 Å². The predicted molar refractivity (Wildman–Crippen MR) is 96.8 cm³/mol. The molecule has 4 nitrogen and oxygen atoms in total. The van der Waals surface area contributed by atoms with E-state index in [0.29, 0.717) is 28.7 Å². The first-order chi connectivity index (χ1) is 12.1. The molecule has 0 saturated carbocycles. The largest absolute Gasteiger partial charge is 0.456 e. The molecule has 0 N–H and O–H groups in total. The highest BCUT2D eigenvalue weighted by atomic mass is 32.2. The summed E-state index contributed by atoms with van der Waals surface area (Å²) in [5, 5.41) is 0. The van der Waals surface area contributed by atoms with Crippen molar-refractivity contribution < 1.29 is 22.3 Å². The number of ether oxygens (including phenoxy) is 1. The average molecular weight is 374 g/mol. The number of hydrogen-bond acceptors (Lipinski definition) is 4. The molecule has 26 heavy (non-hydrogen) atoms. The number of cyclic esters (lactones) is 1. The Hall–Kier alpha value is -2.47. The Bertz CT molecular complexity index is 1000. The van der Waals surface area contributed by atoms with Crippen LogP contribution in [0.4, 0.5) is 4.39 Å².